The summed E-state index contributed by atoms with van der Waals surface area (Å²) in [5.41, 5.74) is 1.89. The Hall–Kier alpha value is -2.15. The second-order valence-corrected chi connectivity index (χ2v) is 4.98. The van der Waals surface area contributed by atoms with Gasteiger partial charge in [0, 0.05) is 13.1 Å². The lowest BCUT2D eigenvalue weighted by atomic mass is 10.1. The average molecular weight is 290 g/mol. The Morgan fingerprint density at radius 1 is 1.48 bits per heavy atom. The first kappa shape index (κ1) is 13.8. The number of carbonyl (C=O) groups is 1. The number of unbranched alkanes of at least 4 members (excludes halogenated alkanes) is 1. The fourth-order valence-electron chi connectivity index (χ4n) is 2.51. The summed E-state index contributed by atoms with van der Waals surface area (Å²) >= 11 is 0. The molecule has 2 N–H and O–H groups in total. The Morgan fingerprint density at radius 3 is 3.00 bits per heavy atom. The van der Waals surface area contributed by atoms with Gasteiger partial charge in [0.25, 0.3) is 0 Å². The molecule has 0 fully saturated rings. The minimum Gasteiger partial charge on any atom is -0.426 e. The number of rotatable bonds is 5. The second kappa shape index (κ2) is 5.33. The number of hydrogen-bond acceptors (Lipinski definition) is 6. The number of aromatic nitrogens is 3. The molecule has 0 radical (unpaired) electrons. The van der Waals surface area contributed by atoms with Gasteiger partial charge >= 0.3 is 5.97 Å². The van der Waals surface area contributed by atoms with Crippen LogP contribution in [0.25, 0.3) is 11.0 Å². The number of anilines is 1. The van der Waals surface area contributed by atoms with Crippen molar-refractivity contribution in [2.45, 2.75) is 39.5 Å². The molecule has 0 saturated heterocycles. The highest BCUT2D eigenvalue weighted by molar-refractivity contribution is 6.06. The van der Waals surface area contributed by atoms with Gasteiger partial charge in [0.05, 0.1) is 17.3 Å². The first-order valence-electron chi connectivity index (χ1n) is 7.19. The van der Waals surface area contributed by atoms with E-state index in [4.69, 9.17) is 4.74 Å². The minimum atomic E-state index is -1.30. The first-order valence-corrected chi connectivity index (χ1v) is 7.19. The van der Waals surface area contributed by atoms with Crippen LogP contribution >= 0.6 is 0 Å². The van der Waals surface area contributed by atoms with Crippen LogP contribution < -0.4 is 5.32 Å². The molecule has 21 heavy (non-hydrogen) atoms. The zero-order valence-corrected chi connectivity index (χ0v) is 12.1. The molecule has 7 heteroatoms. The van der Waals surface area contributed by atoms with E-state index in [0.29, 0.717) is 23.4 Å². The van der Waals surface area contributed by atoms with Crippen LogP contribution in [-0.2, 0) is 11.3 Å². The van der Waals surface area contributed by atoms with Crippen LogP contribution in [0.2, 0.25) is 0 Å². The van der Waals surface area contributed by atoms with E-state index in [9.17, 15) is 9.90 Å². The molecule has 0 aliphatic carbocycles. The quantitative estimate of drug-likeness (QED) is 0.645. The summed E-state index contributed by atoms with van der Waals surface area (Å²) in [5.74, 6) is -0.546. The van der Waals surface area contributed by atoms with Crippen LogP contribution in [0.1, 0.15) is 49.0 Å². The Kier molecular flexibility index (Phi) is 3.50. The fraction of sp³-hybridized carbons (Fsp3) is 0.500. The standard InChI is InChI=1S/C14H18N4O3/c1-3-5-6-15-10-8-7-16-18(4-2)12(8)17-11-9(10)13(19)21-14(11)20/h7,14,20H,3-6H2,1-2H3,(H,15,17). The largest absolute Gasteiger partial charge is 0.426 e. The molecule has 0 bridgehead atoms. The Balaban J connectivity index is 2.18. The van der Waals surface area contributed by atoms with Gasteiger partial charge in [-0.25, -0.2) is 14.5 Å². The number of aryl methyl sites for hydroxylation is 1. The maximum atomic E-state index is 12.0. The van der Waals surface area contributed by atoms with Gasteiger partial charge < -0.3 is 15.2 Å². The third kappa shape index (κ3) is 2.13. The van der Waals surface area contributed by atoms with Crippen LogP contribution in [0, 0.1) is 0 Å². The maximum Gasteiger partial charge on any atom is 0.345 e. The molecule has 1 aliphatic heterocycles. The molecule has 0 spiro atoms. The number of hydrogen-bond donors (Lipinski definition) is 2. The highest BCUT2D eigenvalue weighted by Gasteiger charge is 2.36. The van der Waals surface area contributed by atoms with Gasteiger partial charge in [0.2, 0.25) is 6.29 Å². The number of nitrogens with one attached hydrogen (secondary N) is 1. The van der Waals surface area contributed by atoms with E-state index in [-0.39, 0.29) is 5.69 Å². The Bertz CT molecular complexity index is 695. The number of pyridine rings is 1. The van der Waals surface area contributed by atoms with Gasteiger partial charge in [0.1, 0.15) is 11.3 Å². The first-order chi connectivity index (χ1) is 10.2. The zero-order chi connectivity index (χ0) is 15.0. The number of ether oxygens (including phenoxy) is 1. The molecule has 1 aliphatic rings. The molecule has 0 saturated carbocycles. The van der Waals surface area contributed by atoms with Gasteiger partial charge in [-0.2, -0.15) is 5.10 Å². The summed E-state index contributed by atoms with van der Waals surface area (Å²) in [4.78, 5) is 16.3. The summed E-state index contributed by atoms with van der Waals surface area (Å²) < 4.78 is 6.61. The molecule has 1 atom stereocenters. The number of esters is 1. The Morgan fingerprint density at radius 2 is 2.29 bits per heavy atom. The summed E-state index contributed by atoms with van der Waals surface area (Å²) in [5, 5.41) is 18.2. The Labute approximate surface area is 121 Å². The van der Waals surface area contributed by atoms with E-state index in [1.807, 2.05) is 6.92 Å². The van der Waals surface area contributed by atoms with E-state index in [0.717, 1.165) is 24.8 Å². The third-order valence-corrected chi connectivity index (χ3v) is 3.60. The molecule has 7 nitrogen and oxygen atoms in total. The SMILES string of the molecule is CCCCNc1c2c(nc3c1cnn3CC)C(O)OC2=O. The van der Waals surface area contributed by atoms with Gasteiger partial charge in [-0.1, -0.05) is 13.3 Å². The van der Waals surface area contributed by atoms with Crippen molar-refractivity contribution < 1.29 is 14.6 Å². The maximum absolute atomic E-state index is 12.0. The van der Waals surface area contributed by atoms with Crippen LogP contribution in [-0.4, -0.2) is 32.4 Å². The number of cyclic esters (lactones) is 1. The van der Waals surface area contributed by atoms with Crippen LogP contribution in [0.3, 0.4) is 0 Å². The lowest BCUT2D eigenvalue weighted by Gasteiger charge is -2.10. The molecule has 0 amide bonds. The molecular formula is C14H18N4O3. The summed E-state index contributed by atoms with van der Waals surface area (Å²) in [6, 6.07) is 0. The van der Waals surface area contributed by atoms with Crippen molar-refractivity contribution in [3.05, 3.63) is 17.5 Å². The van der Waals surface area contributed by atoms with E-state index < -0.39 is 12.3 Å². The number of aliphatic hydroxyl groups is 1. The van der Waals surface area contributed by atoms with Gasteiger partial charge in [0.15, 0.2) is 5.65 Å². The van der Waals surface area contributed by atoms with E-state index >= 15 is 0 Å². The van der Waals surface area contributed by atoms with E-state index in [2.05, 4.69) is 22.3 Å². The van der Waals surface area contributed by atoms with Crippen molar-refractivity contribution in [3.8, 4) is 0 Å². The number of carbonyl (C=O) groups excluding carboxylic acids is 1. The zero-order valence-electron chi connectivity index (χ0n) is 12.1. The topological polar surface area (TPSA) is 89.3 Å². The van der Waals surface area contributed by atoms with E-state index in [1.165, 1.54) is 0 Å². The molecule has 3 rings (SSSR count). The second-order valence-electron chi connectivity index (χ2n) is 4.98. The minimum absolute atomic E-state index is 0.265. The summed E-state index contributed by atoms with van der Waals surface area (Å²) in [6.45, 7) is 5.46. The number of nitrogens with zero attached hydrogens (tertiary/aromatic N) is 3. The highest BCUT2D eigenvalue weighted by atomic mass is 16.6. The lowest BCUT2D eigenvalue weighted by Crippen LogP contribution is -2.09. The highest BCUT2D eigenvalue weighted by Crippen LogP contribution is 2.37. The van der Waals surface area contributed by atoms with Crippen molar-refractivity contribution in [2.24, 2.45) is 0 Å². The molecule has 112 valence electrons. The van der Waals surface area contributed by atoms with Gasteiger partial charge in [-0.05, 0) is 13.3 Å². The number of fused-ring (bicyclic) bond motifs is 2. The van der Waals surface area contributed by atoms with Gasteiger partial charge in [-0.15, -0.1) is 0 Å². The molecule has 1 unspecified atom stereocenters. The molecule has 2 aromatic rings. The summed E-state index contributed by atoms with van der Waals surface area (Å²) in [7, 11) is 0. The van der Waals surface area contributed by atoms with Crippen LogP contribution in [0.15, 0.2) is 6.20 Å². The molecular weight excluding hydrogens is 272 g/mol. The average Bonchev–Trinajstić information content (AvgIpc) is 3.00. The van der Waals surface area contributed by atoms with Crippen molar-refractivity contribution in [3.63, 3.8) is 0 Å². The predicted molar refractivity (Wildman–Crippen MR) is 77.0 cm³/mol. The number of aliphatic hydroxyl groups excluding tert-OH is 1. The van der Waals surface area contributed by atoms with E-state index in [1.54, 1.807) is 10.9 Å². The van der Waals surface area contributed by atoms with Crippen molar-refractivity contribution >= 4 is 22.7 Å². The van der Waals surface area contributed by atoms with Crippen molar-refractivity contribution in [1.82, 2.24) is 14.8 Å². The molecule has 0 aromatic carbocycles. The van der Waals surface area contributed by atoms with Crippen molar-refractivity contribution in [2.75, 3.05) is 11.9 Å². The summed E-state index contributed by atoms with van der Waals surface area (Å²) in [6.07, 6.45) is 2.42. The normalized spacial score (nSPS) is 17.1. The molecule has 3 heterocycles. The lowest BCUT2D eigenvalue weighted by molar-refractivity contribution is -0.0567. The smallest absolute Gasteiger partial charge is 0.345 e. The predicted octanol–water partition coefficient (Wildman–Crippen LogP) is 1.82. The monoisotopic (exact) mass is 290 g/mol. The fourth-order valence-corrected chi connectivity index (χ4v) is 2.51. The van der Waals surface area contributed by atoms with Gasteiger partial charge in [-0.3, -0.25) is 0 Å². The van der Waals surface area contributed by atoms with Crippen molar-refractivity contribution in [1.29, 1.82) is 0 Å². The molecule has 2 aromatic heterocycles. The third-order valence-electron chi connectivity index (χ3n) is 3.60. The van der Waals surface area contributed by atoms with Crippen LogP contribution in [0.5, 0.6) is 0 Å². The van der Waals surface area contributed by atoms with Crippen LogP contribution in [0.4, 0.5) is 5.69 Å².